The average Bonchev–Trinajstić information content (AvgIpc) is 2.15. The first-order valence-corrected chi connectivity index (χ1v) is 4.07. The number of aliphatic hydroxyl groups is 1. The largest absolute Gasteiger partial charge is 0.397 e. The first-order valence-electron chi connectivity index (χ1n) is 3.27. The van der Waals surface area contributed by atoms with Gasteiger partial charge in [-0.2, -0.15) is 0 Å². The zero-order chi connectivity index (χ0) is 9.84. The summed E-state index contributed by atoms with van der Waals surface area (Å²) >= 11 is 3.07. The molecule has 4 nitrogen and oxygen atoms in total. The highest BCUT2D eigenvalue weighted by molar-refractivity contribution is 9.10. The summed E-state index contributed by atoms with van der Waals surface area (Å²) in [7, 11) is 0. The summed E-state index contributed by atoms with van der Waals surface area (Å²) < 4.78 is 12.0. The van der Waals surface area contributed by atoms with Crippen molar-refractivity contribution in [2.45, 2.75) is 6.61 Å². The summed E-state index contributed by atoms with van der Waals surface area (Å²) in [6.45, 7) is -0.327. The summed E-state index contributed by atoms with van der Waals surface area (Å²) in [4.78, 5) is 17.3. The number of rotatable bonds is 2. The second-order valence-corrected chi connectivity index (χ2v) is 3.10. The number of carbonyl (C=O) groups excluding carboxylic acids is 1. The minimum absolute atomic E-state index is 0.194. The maximum Gasteiger partial charge on any atom is 0.397 e. The molecule has 13 heavy (non-hydrogen) atoms. The van der Waals surface area contributed by atoms with Crippen LogP contribution in [0.3, 0.4) is 0 Å². The Kier molecular flexibility index (Phi) is 3.32. The highest BCUT2D eigenvalue weighted by Gasteiger charge is 2.11. The van der Waals surface area contributed by atoms with Crippen LogP contribution in [-0.2, 0) is 11.5 Å². The Morgan fingerprint density at radius 2 is 2.38 bits per heavy atom. The van der Waals surface area contributed by atoms with Crippen LogP contribution >= 0.6 is 15.9 Å². The molecule has 0 radical (unpaired) electrons. The second-order valence-electron chi connectivity index (χ2n) is 2.18. The molecule has 1 aromatic heterocycles. The molecule has 0 spiro atoms. The third-order valence-electron chi connectivity index (χ3n) is 1.28. The standard InChI is InChI=1S/C7H5BrFNO3/c8-4-1-5(3-11)10-6(2-4)7(12)13-9/h1-2,11H,3H2. The van der Waals surface area contributed by atoms with Crippen molar-refractivity contribution in [3.05, 3.63) is 28.0 Å². The van der Waals surface area contributed by atoms with Crippen LogP contribution in [0, 0.1) is 0 Å². The lowest BCUT2D eigenvalue weighted by atomic mass is 10.3. The fourth-order valence-electron chi connectivity index (χ4n) is 0.776. The zero-order valence-electron chi connectivity index (χ0n) is 6.33. The van der Waals surface area contributed by atoms with Gasteiger partial charge in [0.25, 0.3) is 0 Å². The molecule has 1 rings (SSSR count). The fraction of sp³-hybridized carbons (Fsp3) is 0.143. The van der Waals surface area contributed by atoms with Gasteiger partial charge in [-0.05, 0) is 12.1 Å². The zero-order valence-corrected chi connectivity index (χ0v) is 7.91. The van der Waals surface area contributed by atoms with Crippen LogP contribution in [0.4, 0.5) is 4.53 Å². The molecule has 0 aliphatic rings. The lowest BCUT2D eigenvalue weighted by Gasteiger charge is -1.99. The number of pyridine rings is 1. The van der Waals surface area contributed by atoms with Crippen molar-refractivity contribution in [1.29, 1.82) is 0 Å². The van der Waals surface area contributed by atoms with Crippen LogP contribution in [-0.4, -0.2) is 16.1 Å². The molecule has 0 aliphatic heterocycles. The quantitative estimate of drug-likeness (QED) is 0.861. The Morgan fingerprint density at radius 3 is 2.92 bits per heavy atom. The third kappa shape index (κ3) is 2.46. The fourth-order valence-corrected chi connectivity index (χ4v) is 1.26. The Labute approximate surface area is 81.4 Å². The van der Waals surface area contributed by atoms with Gasteiger partial charge in [0, 0.05) is 9.00 Å². The molecule has 0 fully saturated rings. The van der Waals surface area contributed by atoms with Gasteiger partial charge in [-0.25, -0.2) is 14.7 Å². The van der Waals surface area contributed by atoms with Gasteiger partial charge in [0.2, 0.25) is 0 Å². The van der Waals surface area contributed by atoms with E-state index in [1.54, 1.807) is 0 Å². The van der Waals surface area contributed by atoms with Crippen molar-refractivity contribution in [3.63, 3.8) is 0 Å². The van der Waals surface area contributed by atoms with E-state index in [0.29, 0.717) is 4.47 Å². The molecule has 1 N–H and O–H groups in total. The van der Waals surface area contributed by atoms with Crippen molar-refractivity contribution in [3.8, 4) is 0 Å². The van der Waals surface area contributed by atoms with Gasteiger partial charge in [-0.1, -0.05) is 15.9 Å². The molecule has 0 saturated carbocycles. The normalized spacial score (nSPS) is 9.77. The van der Waals surface area contributed by atoms with E-state index in [0.717, 1.165) is 0 Å². The Hall–Kier alpha value is -1.01. The van der Waals surface area contributed by atoms with Crippen molar-refractivity contribution >= 4 is 21.9 Å². The minimum Gasteiger partial charge on any atom is -0.390 e. The third-order valence-corrected chi connectivity index (χ3v) is 1.74. The van der Waals surface area contributed by atoms with Gasteiger partial charge in [-0.15, -0.1) is 0 Å². The topological polar surface area (TPSA) is 59.4 Å². The van der Waals surface area contributed by atoms with Crippen LogP contribution in [0.25, 0.3) is 0 Å². The van der Waals surface area contributed by atoms with Gasteiger partial charge in [0.1, 0.15) is 0 Å². The molecule has 0 saturated heterocycles. The van der Waals surface area contributed by atoms with Gasteiger partial charge in [0.05, 0.1) is 12.3 Å². The predicted molar refractivity (Wildman–Crippen MR) is 44.4 cm³/mol. The van der Waals surface area contributed by atoms with E-state index >= 15 is 0 Å². The second kappa shape index (κ2) is 4.29. The molecule has 1 aromatic rings. The van der Waals surface area contributed by atoms with Gasteiger partial charge >= 0.3 is 5.97 Å². The molecule has 70 valence electrons. The number of hydrogen-bond donors (Lipinski definition) is 1. The van der Waals surface area contributed by atoms with Crippen molar-refractivity contribution in [2.24, 2.45) is 0 Å². The number of halogens is 2. The summed E-state index contributed by atoms with van der Waals surface area (Å²) in [6.07, 6.45) is 0. The number of hydrogen-bond acceptors (Lipinski definition) is 4. The van der Waals surface area contributed by atoms with Crippen molar-refractivity contribution in [2.75, 3.05) is 0 Å². The molecule has 6 heteroatoms. The number of nitrogens with zero attached hydrogens (tertiary/aromatic N) is 1. The number of aliphatic hydroxyl groups excluding tert-OH is 1. The Morgan fingerprint density at radius 1 is 1.69 bits per heavy atom. The Bertz CT molecular complexity index is 332. The molecule has 0 atom stereocenters. The minimum atomic E-state index is -1.18. The molecule has 0 unspecified atom stereocenters. The summed E-state index contributed by atoms with van der Waals surface area (Å²) in [6, 6.07) is 2.80. The molecule has 0 aliphatic carbocycles. The molecule has 1 heterocycles. The van der Waals surface area contributed by atoms with Crippen LogP contribution in [0.15, 0.2) is 16.6 Å². The van der Waals surface area contributed by atoms with E-state index in [9.17, 15) is 9.32 Å². The van der Waals surface area contributed by atoms with Gasteiger partial charge < -0.3 is 5.11 Å². The Balaban J connectivity index is 3.08. The van der Waals surface area contributed by atoms with Crippen LogP contribution in [0.2, 0.25) is 0 Å². The maximum absolute atomic E-state index is 11.5. The first-order chi connectivity index (χ1) is 6.17. The average molecular weight is 250 g/mol. The van der Waals surface area contributed by atoms with Crippen LogP contribution < -0.4 is 0 Å². The first kappa shape index (κ1) is 10.1. The predicted octanol–water partition coefficient (Wildman–Crippen LogP) is 1.38. The van der Waals surface area contributed by atoms with Gasteiger partial charge in [0.15, 0.2) is 5.69 Å². The van der Waals surface area contributed by atoms with Gasteiger partial charge in [-0.3, -0.25) is 0 Å². The summed E-state index contributed by atoms with van der Waals surface area (Å²) in [5, 5.41) is 8.71. The molecule has 0 amide bonds. The monoisotopic (exact) mass is 249 g/mol. The molecular formula is C7H5BrFNO3. The van der Waals surface area contributed by atoms with Crippen molar-refractivity contribution in [1.82, 2.24) is 4.98 Å². The number of aromatic nitrogens is 1. The van der Waals surface area contributed by atoms with Crippen LogP contribution in [0.5, 0.6) is 0 Å². The van der Waals surface area contributed by atoms with E-state index in [1.165, 1.54) is 12.1 Å². The highest BCUT2D eigenvalue weighted by atomic mass is 79.9. The van der Waals surface area contributed by atoms with E-state index in [2.05, 4.69) is 25.9 Å². The lowest BCUT2D eigenvalue weighted by Crippen LogP contribution is -2.04. The van der Waals surface area contributed by atoms with E-state index in [4.69, 9.17) is 5.11 Å². The van der Waals surface area contributed by atoms with E-state index < -0.39 is 5.97 Å². The molecular weight excluding hydrogens is 245 g/mol. The SMILES string of the molecule is O=C(OF)c1cc(Br)cc(CO)n1. The summed E-state index contributed by atoms with van der Waals surface area (Å²) in [5.74, 6) is -1.18. The van der Waals surface area contributed by atoms with Crippen molar-refractivity contribution < 1.29 is 19.4 Å². The van der Waals surface area contributed by atoms with Crippen LogP contribution in [0.1, 0.15) is 16.2 Å². The van der Waals surface area contributed by atoms with E-state index in [1.807, 2.05) is 0 Å². The smallest absolute Gasteiger partial charge is 0.390 e. The van der Waals surface area contributed by atoms with E-state index in [-0.39, 0.29) is 18.0 Å². The molecule has 0 aromatic carbocycles. The number of carbonyl (C=O) groups is 1. The highest BCUT2D eigenvalue weighted by Crippen LogP contribution is 2.13. The lowest BCUT2D eigenvalue weighted by molar-refractivity contribution is -0.0793. The molecule has 0 bridgehead atoms. The summed E-state index contributed by atoms with van der Waals surface area (Å²) in [5.41, 5.74) is 0.0655. The maximum atomic E-state index is 11.5.